The third-order valence-corrected chi connectivity index (χ3v) is 5.52. The van der Waals surface area contributed by atoms with E-state index in [1.807, 2.05) is 56.3 Å². The number of ether oxygens (including phenoxy) is 1. The number of anilines is 2. The third kappa shape index (κ3) is 4.60. The number of carbonyl (C=O) groups excluding carboxylic acids is 2. The van der Waals surface area contributed by atoms with Gasteiger partial charge in [0.05, 0.1) is 31.5 Å². The molecule has 0 unspecified atom stereocenters. The van der Waals surface area contributed by atoms with Crippen LogP contribution < -0.4 is 15.0 Å². The van der Waals surface area contributed by atoms with E-state index in [0.29, 0.717) is 18.8 Å². The Morgan fingerprint density at radius 2 is 2.06 bits per heavy atom. The van der Waals surface area contributed by atoms with Gasteiger partial charge in [0.15, 0.2) is 0 Å². The third-order valence-electron chi connectivity index (χ3n) is 5.52. The number of nitrogens with one attached hydrogen (secondary N) is 1. The topological polar surface area (TPSA) is 76.5 Å². The van der Waals surface area contributed by atoms with Gasteiger partial charge in [-0.2, -0.15) is 5.10 Å². The summed E-state index contributed by atoms with van der Waals surface area (Å²) in [5.74, 6) is 0.203. The lowest BCUT2D eigenvalue weighted by Crippen LogP contribution is -2.28. The quantitative estimate of drug-likeness (QED) is 0.664. The highest BCUT2D eigenvalue weighted by molar-refractivity contribution is 6.03. The molecule has 0 aliphatic carbocycles. The smallest absolute Gasteiger partial charge is 0.229 e. The monoisotopic (exact) mass is 418 g/mol. The number of nitrogens with zero attached hydrogens (tertiary/aromatic N) is 3. The summed E-state index contributed by atoms with van der Waals surface area (Å²) in [7, 11) is 1.63. The molecule has 4 rings (SSSR count). The molecule has 160 valence electrons. The summed E-state index contributed by atoms with van der Waals surface area (Å²) < 4.78 is 7.01. The Hall–Kier alpha value is -3.61. The lowest BCUT2D eigenvalue weighted by Gasteiger charge is -2.19. The molecule has 0 radical (unpaired) electrons. The van der Waals surface area contributed by atoms with Crippen molar-refractivity contribution in [2.75, 3.05) is 23.9 Å². The minimum absolute atomic E-state index is 0.0270. The molecule has 1 saturated heterocycles. The van der Waals surface area contributed by atoms with Gasteiger partial charge in [0, 0.05) is 24.8 Å². The second-order valence-electron chi connectivity index (χ2n) is 7.96. The Morgan fingerprint density at radius 1 is 1.23 bits per heavy atom. The summed E-state index contributed by atoms with van der Waals surface area (Å²) in [6.45, 7) is 4.95. The number of aromatic nitrogens is 2. The van der Waals surface area contributed by atoms with Crippen LogP contribution in [-0.2, 0) is 16.1 Å². The van der Waals surface area contributed by atoms with E-state index in [4.69, 9.17) is 4.74 Å². The van der Waals surface area contributed by atoms with E-state index >= 15 is 0 Å². The van der Waals surface area contributed by atoms with Gasteiger partial charge in [0.25, 0.3) is 0 Å². The van der Waals surface area contributed by atoms with Gasteiger partial charge >= 0.3 is 0 Å². The van der Waals surface area contributed by atoms with Crippen molar-refractivity contribution in [2.24, 2.45) is 5.92 Å². The van der Waals surface area contributed by atoms with Gasteiger partial charge in [-0.15, -0.1) is 0 Å². The van der Waals surface area contributed by atoms with Crippen molar-refractivity contribution in [3.05, 3.63) is 71.5 Å². The summed E-state index contributed by atoms with van der Waals surface area (Å²) in [4.78, 5) is 27.1. The molecule has 0 bridgehead atoms. The van der Waals surface area contributed by atoms with E-state index < -0.39 is 5.92 Å². The zero-order chi connectivity index (χ0) is 22.0. The maximum atomic E-state index is 12.8. The molecule has 2 amide bonds. The van der Waals surface area contributed by atoms with Crippen LogP contribution in [0.15, 0.2) is 54.9 Å². The van der Waals surface area contributed by atoms with E-state index in [1.54, 1.807) is 29.1 Å². The lowest BCUT2D eigenvalue weighted by molar-refractivity contribution is -0.122. The summed E-state index contributed by atoms with van der Waals surface area (Å²) in [5.41, 5.74) is 4.72. The van der Waals surface area contributed by atoms with E-state index in [-0.39, 0.29) is 18.2 Å². The molecule has 3 aromatic rings. The lowest BCUT2D eigenvalue weighted by atomic mass is 10.1. The van der Waals surface area contributed by atoms with Gasteiger partial charge in [-0.05, 0) is 43.2 Å². The van der Waals surface area contributed by atoms with Crippen LogP contribution in [0.4, 0.5) is 11.4 Å². The van der Waals surface area contributed by atoms with Gasteiger partial charge < -0.3 is 15.0 Å². The molecular weight excluding hydrogens is 392 g/mol. The maximum Gasteiger partial charge on any atom is 0.229 e. The van der Waals surface area contributed by atoms with Crippen molar-refractivity contribution in [1.29, 1.82) is 0 Å². The van der Waals surface area contributed by atoms with Crippen LogP contribution in [0.1, 0.15) is 23.1 Å². The highest BCUT2D eigenvalue weighted by Crippen LogP contribution is 2.29. The van der Waals surface area contributed by atoms with E-state index in [0.717, 1.165) is 28.1 Å². The van der Waals surface area contributed by atoms with Gasteiger partial charge in [-0.3, -0.25) is 14.3 Å². The normalized spacial score (nSPS) is 15.9. The van der Waals surface area contributed by atoms with Crippen LogP contribution in [0.25, 0.3) is 0 Å². The molecule has 1 N–H and O–H groups in total. The van der Waals surface area contributed by atoms with Crippen molar-refractivity contribution >= 4 is 23.2 Å². The molecule has 0 saturated carbocycles. The fraction of sp³-hybridized carbons (Fsp3) is 0.292. The number of benzene rings is 2. The van der Waals surface area contributed by atoms with Crippen molar-refractivity contribution in [3.8, 4) is 5.75 Å². The highest BCUT2D eigenvalue weighted by atomic mass is 16.5. The fourth-order valence-electron chi connectivity index (χ4n) is 3.94. The molecule has 1 aliphatic rings. The van der Waals surface area contributed by atoms with E-state index in [2.05, 4.69) is 10.4 Å². The van der Waals surface area contributed by atoms with Gasteiger partial charge in [-0.1, -0.05) is 29.8 Å². The largest absolute Gasteiger partial charge is 0.497 e. The molecule has 0 spiro atoms. The van der Waals surface area contributed by atoms with Crippen molar-refractivity contribution in [1.82, 2.24) is 9.78 Å². The molecule has 1 fully saturated rings. The first-order valence-electron chi connectivity index (χ1n) is 10.3. The van der Waals surface area contributed by atoms with Crippen molar-refractivity contribution < 1.29 is 14.3 Å². The summed E-state index contributed by atoms with van der Waals surface area (Å²) in [6, 6.07) is 13.7. The van der Waals surface area contributed by atoms with Crippen LogP contribution in [0.2, 0.25) is 0 Å². The predicted octanol–water partition coefficient (Wildman–Crippen LogP) is 3.55. The van der Waals surface area contributed by atoms with Gasteiger partial charge in [0.1, 0.15) is 5.75 Å². The van der Waals surface area contributed by atoms with Gasteiger partial charge in [0.2, 0.25) is 11.8 Å². The predicted molar refractivity (Wildman–Crippen MR) is 119 cm³/mol. The Bertz CT molecular complexity index is 1120. The maximum absolute atomic E-state index is 12.8. The number of hydrogen-bond acceptors (Lipinski definition) is 4. The Kier molecular flexibility index (Phi) is 5.75. The molecule has 1 aromatic heterocycles. The first kappa shape index (κ1) is 20.7. The minimum atomic E-state index is -0.394. The zero-order valence-corrected chi connectivity index (χ0v) is 18.0. The number of hydrogen-bond donors (Lipinski definition) is 1. The summed E-state index contributed by atoms with van der Waals surface area (Å²) in [6.07, 6.45) is 3.61. The fourth-order valence-corrected chi connectivity index (χ4v) is 3.94. The first-order valence-corrected chi connectivity index (χ1v) is 10.3. The molecule has 2 aromatic carbocycles. The van der Waals surface area contributed by atoms with Crippen LogP contribution in [0.5, 0.6) is 5.75 Å². The van der Waals surface area contributed by atoms with E-state index in [9.17, 15) is 9.59 Å². The molecule has 1 atom stereocenters. The van der Waals surface area contributed by atoms with Crippen LogP contribution in [0.3, 0.4) is 0 Å². The van der Waals surface area contributed by atoms with Crippen LogP contribution in [-0.4, -0.2) is 35.2 Å². The van der Waals surface area contributed by atoms with Crippen molar-refractivity contribution in [3.63, 3.8) is 0 Å². The Labute approximate surface area is 181 Å². The standard InChI is InChI=1S/C24H26N4O3/c1-16-7-8-22(17(2)9-16)28-14-19(11-23(28)29)24(30)26-20-12-25-27(15-20)13-18-5-4-6-21(10-18)31-3/h4-10,12,15,19H,11,13-14H2,1-3H3,(H,26,30)/t19-/m0/s1. The number of amides is 2. The molecule has 7 nitrogen and oxygen atoms in total. The average Bonchev–Trinajstić information content (AvgIpc) is 3.34. The van der Waals surface area contributed by atoms with Gasteiger partial charge in [-0.25, -0.2) is 0 Å². The second-order valence-corrected chi connectivity index (χ2v) is 7.96. The highest BCUT2D eigenvalue weighted by Gasteiger charge is 2.35. The molecular formula is C24H26N4O3. The number of aryl methyl sites for hydroxylation is 2. The number of rotatable bonds is 6. The molecule has 31 heavy (non-hydrogen) atoms. The Morgan fingerprint density at radius 3 is 2.84 bits per heavy atom. The summed E-state index contributed by atoms with van der Waals surface area (Å²) >= 11 is 0. The van der Waals surface area contributed by atoms with Crippen molar-refractivity contribution in [2.45, 2.75) is 26.8 Å². The Balaban J connectivity index is 1.39. The number of methoxy groups -OCH3 is 1. The SMILES string of the molecule is COc1cccc(Cn2cc(NC(=O)[C@H]3CC(=O)N(c4ccc(C)cc4C)C3)cn2)c1. The zero-order valence-electron chi connectivity index (χ0n) is 18.0. The minimum Gasteiger partial charge on any atom is -0.497 e. The van der Waals surface area contributed by atoms with E-state index in [1.165, 1.54) is 0 Å². The van der Waals surface area contributed by atoms with Crippen LogP contribution >= 0.6 is 0 Å². The van der Waals surface area contributed by atoms with Crippen LogP contribution in [0, 0.1) is 19.8 Å². The second kappa shape index (κ2) is 8.63. The molecule has 1 aliphatic heterocycles. The average molecular weight is 418 g/mol. The first-order chi connectivity index (χ1) is 14.9. The number of carbonyl (C=O) groups is 2. The molecule has 2 heterocycles. The summed E-state index contributed by atoms with van der Waals surface area (Å²) in [5, 5.41) is 7.23. The molecule has 7 heteroatoms.